The Morgan fingerprint density at radius 3 is 2.93 bits per heavy atom. The highest BCUT2D eigenvalue weighted by Gasteiger charge is 2.18. The van der Waals surface area contributed by atoms with E-state index in [2.05, 4.69) is 10.2 Å². The van der Waals surface area contributed by atoms with Gasteiger partial charge in [-0.05, 0) is 13.0 Å². The Hall–Kier alpha value is -0.160. The third-order valence-electron chi connectivity index (χ3n) is 2.79. The van der Waals surface area contributed by atoms with Gasteiger partial charge in [-0.2, -0.15) is 0 Å². The zero-order valence-electron chi connectivity index (χ0n) is 8.71. The van der Waals surface area contributed by atoms with Crippen LogP contribution in [0.25, 0.3) is 0 Å². The maximum Gasteiger partial charge on any atom is 0.0826 e. The van der Waals surface area contributed by atoms with Crippen LogP contribution >= 0.6 is 0 Å². The predicted molar refractivity (Wildman–Crippen MR) is 54.5 cm³/mol. The number of hydrogen-bond acceptors (Lipinski definition) is 4. The highest BCUT2D eigenvalue weighted by Crippen LogP contribution is 2.03. The molecule has 0 aromatic rings. The summed E-state index contributed by atoms with van der Waals surface area (Å²) in [5.41, 5.74) is 0. The van der Waals surface area contributed by atoms with Gasteiger partial charge < -0.3 is 14.8 Å². The molecular formula is C10H20N2O2. The minimum Gasteiger partial charge on any atom is -0.379 e. The van der Waals surface area contributed by atoms with E-state index in [1.54, 1.807) is 0 Å². The van der Waals surface area contributed by atoms with Crippen molar-refractivity contribution in [2.45, 2.75) is 12.5 Å². The summed E-state index contributed by atoms with van der Waals surface area (Å²) in [7, 11) is 0. The topological polar surface area (TPSA) is 33.7 Å². The van der Waals surface area contributed by atoms with E-state index in [-0.39, 0.29) is 0 Å². The van der Waals surface area contributed by atoms with Crippen LogP contribution in [0.5, 0.6) is 0 Å². The van der Waals surface area contributed by atoms with Crippen molar-refractivity contribution < 1.29 is 9.47 Å². The molecule has 0 amide bonds. The molecule has 2 aliphatic heterocycles. The second-order valence-corrected chi connectivity index (χ2v) is 3.96. The molecule has 2 aliphatic rings. The molecule has 4 nitrogen and oxygen atoms in total. The van der Waals surface area contributed by atoms with Crippen molar-refractivity contribution in [3.63, 3.8) is 0 Å². The van der Waals surface area contributed by atoms with Crippen molar-refractivity contribution in [2.24, 2.45) is 0 Å². The summed E-state index contributed by atoms with van der Waals surface area (Å²) in [6.07, 6.45) is 1.51. The van der Waals surface area contributed by atoms with Gasteiger partial charge in [0.1, 0.15) is 0 Å². The van der Waals surface area contributed by atoms with E-state index in [1.807, 2.05) is 0 Å². The van der Waals surface area contributed by atoms with Crippen LogP contribution in [0.15, 0.2) is 0 Å². The summed E-state index contributed by atoms with van der Waals surface area (Å²) in [5, 5.41) is 3.40. The molecule has 1 N–H and O–H groups in total. The molecular weight excluding hydrogens is 180 g/mol. The fraction of sp³-hybridized carbons (Fsp3) is 1.00. The fourth-order valence-electron chi connectivity index (χ4n) is 1.96. The lowest BCUT2D eigenvalue weighted by molar-refractivity contribution is -0.00599. The Bertz CT molecular complexity index is 152. The van der Waals surface area contributed by atoms with Crippen molar-refractivity contribution in [3.8, 4) is 0 Å². The molecule has 0 aromatic heterocycles. The number of rotatable bonds is 2. The molecule has 2 fully saturated rings. The summed E-state index contributed by atoms with van der Waals surface area (Å²) in [6.45, 7) is 7.91. The number of nitrogens with zero attached hydrogens (tertiary/aromatic N) is 1. The maximum atomic E-state index is 5.76. The molecule has 0 aliphatic carbocycles. The molecule has 0 unspecified atom stereocenters. The van der Waals surface area contributed by atoms with E-state index in [4.69, 9.17) is 9.47 Å². The smallest absolute Gasteiger partial charge is 0.0826 e. The summed E-state index contributed by atoms with van der Waals surface area (Å²) >= 11 is 0. The second-order valence-electron chi connectivity index (χ2n) is 3.96. The standard InChI is InChI=1S/C10H20N2O2/c1-2-11-8-10(14-5-1)9-12-3-6-13-7-4-12/h10-11H,1-9H2/t10-/m1/s1. The molecule has 2 saturated heterocycles. The van der Waals surface area contributed by atoms with Crippen LogP contribution in [0, 0.1) is 0 Å². The molecule has 0 bridgehead atoms. The zero-order valence-corrected chi connectivity index (χ0v) is 8.71. The first-order chi connectivity index (χ1) is 6.95. The molecule has 1 atom stereocenters. The van der Waals surface area contributed by atoms with Crippen molar-refractivity contribution in [1.82, 2.24) is 10.2 Å². The van der Waals surface area contributed by atoms with Crippen LogP contribution in [0.1, 0.15) is 6.42 Å². The average molecular weight is 200 g/mol. The number of ether oxygens (including phenoxy) is 2. The largest absolute Gasteiger partial charge is 0.379 e. The Kier molecular flexibility index (Phi) is 4.19. The normalized spacial score (nSPS) is 31.3. The minimum atomic E-state index is 0.371. The first-order valence-electron chi connectivity index (χ1n) is 5.57. The second kappa shape index (κ2) is 5.66. The van der Waals surface area contributed by atoms with Crippen molar-refractivity contribution in [1.29, 1.82) is 0 Å². The van der Waals surface area contributed by atoms with E-state index >= 15 is 0 Å². The SMILES string of the molecule is C1CNC[C@H](CN2CCOCC2)OC1. The third kappa shape index (κ3) is 3.20. The van der Waals surface area contributed by atoms with E-state index in [0.717, 1.165) is 59.0 Å². The van der Waals surface area contributed by atoms with Gasteiger partial charge in [0, 0.05) is 32.8 Å². The van der Waals surface area contributed by atoms with Gasteiger partial charge in [-0.25, -0.2) is 0 Å². The summed E-state index contributed by atoms with van der Waals surface area (Å²) in [5.74, 6) is 0. The predicted octanol–water partition coefficient (Wildman–Crippen LogP) is -0.303. The summed E-state index contributed by atoms with van der Waals surface area (Å²) in [6, 6.07) is 0. The van der Waals surface area contributed by atoms with Crippen LogP contribution in [-0.2, 0) is 9.47 Å². The number of morpholine rings is 1. The molecule has 0 radical (unpaired) electrons. The lowest BCUT2D eigenvalue weighted by Gasteiger charge is -2.29. The number of hydrogen-bond donors (Lipinski definition) is 1. The molecule has 4 heteroatoms. The Labute approximate surface area is 85.5 Å². The van der Waals surface area contributed by atoms with Gasteiger partial charge in [-0.15, -0.1) is 0 Å². The molecule has 0 saturated carbocycles. The van der Waals surface area contributed by atoms with Gasteiger partial charge in [0.15, 0.2) is 0 Å². The lowest BCUT2D eigenvalue weighted by Crippen LogP contribution is -2.44. The van der Waals surface area contributed by atoms with Gasteiger partial charge in [-0.3, -0.25) is 4.90 Å². The molecule has 0 spiro atoms. The van der Waals surface area contributed by atoms with E-state index in [9.17, 15) is 0 Å². The maximum absolute atomic E-state index is 5.76. The monoisotopic (exact) mass is 200 g/mol. The summed E-state index contributed by atoms with van der Waals surface area (Å²) < 4.78 is 11.1. The summed E-state index contributed by atoms with van der Waals surface area (Å²) in [4.78, 5) is 2.43. The van der Waals surface area contributed by atoms with Crippen LogP contribution in [-0.4, -0.2) is 63.5 Å². The van der Waals surface area contributed by atoms with E-state index in [0.29, 0.717) is 6.10 Å². The molecule has 0 aromatic carbocycles. The van der Waals surface area contributed by atoms with Crippen LogP contribution < -0.4 is 5.32 Å². The highest BCUT2D eigenvalue weighted by atomic mass is 16.5. The number of nitrogens with one attached hydrogen (secondary N) is 1. The van der Waals surface area contributed by atoms with Crippen molar-refractivity contribution in [2.75, 3.05) is 52.5 Å². The first-order valence-corrected chi connectivity index (χ1v) is 5.57. The van der Waals surface area contributed by atoms with Crippen LogP contribution in [0.4, 0.5) is 0 Å². The molecule has 2 rings (SSSR count). The highest BCUT2D eigenvalue weighted by molar-refractivity contribution is 4.72. The molecule has 14 heavy (non-hydrogen) atoms. The third-order valence-corrected chi connectivity index (χ3v) is 2.79. The zero-order chi connectivity index (χ0) is 9.64. The first kappa shape index (κ1) is 10.4. The van der Waals surface area contributed by atoms with Gasteiger partial charge in [0.05, 0.1) is 19.3 Å². The van der Waals surface area contributed by atoms with Gasteiger partial charge in [-0.1, -0.05) is 0 Å². The minimum absolute atomic E-state index is 0.371. The van der Waals surface area contributed by atoms with Crippen molar-refractivity contribution >= 4 is 0 Å². The van der Waals surface area contributed by atoms with Crippen LogP contribution in [0.3, 0.4) is 0 Å². The molecule has 2 heterocycles. The molecule has 82 valence electrons. The van der Waals surface area contributed by atoms with Crippen LogP contribution in [0.2, 0.25) is 0 Å². The Morgan fingerprint density at radius 1 is 1.21 bits per heavy atom. The van der Waals surface area contributed by atoms with Gasteiger partial charge in [0.25, 0.3) is 0 Å². The quantitative estimate of drug-likeness (QED) is 0.663. The Morgan fingerprint density at radius 2 is 2.07 bits per heavy atom. The fourth-order valence-corrected chi connectivity index (χ4v) is 1.96. The Balaban J connectivity index is 1.71. The van der Waals surface area contributed by atoms with Crippen molar-refractivity contribution in [3.05, 3.63) is 0 Å². The van der Waals surface area contributed by atoms with E-state index < -0.39 is 0 Å². The lowest BCUT2D eigenvalue weighted by atomic mass is 10.3. The van der Waals surface area contributed by atoms with Gasteiger partial charge in [0.2, 0.25) is 0 Å². The average Bonchev–Trinajstić information content (AvgIpc) is 2.48. The van der Waals surface area contributed by atoms with E-state index in [1.165, 1.54) is 0 Å². The van der Waals surface area contributed by atoms with Gasteiger partial charge >= 0.3 is 0 Å².